The Morgan fingerprint density at radius 3 is 2.60 bits per heavy atom. The van der Waals surface area contributed by atoms with Crippen molar-refractivity contribution in [3.05, 3.63) is 35.9 Å². The van der Waals surface area contributed by atoms with Crippen molar-refractivity contribution in [3.8, 4) is 0 Å². The van der Waals surface area contributed by atoms with Crippen molar-refractivity contribution < 1.29 is 9.90 Å². The Balaban J connectivity index is 1.65. The smallest absolute Gasteiger partial charge is 0.318 e. The van der Waals surface area contributed by atoms with E-state index < -0.39 is 6.10 Å². The van der Waals surface area contributed by atoms with Crippen molar-refractivity contribution in [1.29, 1.82) is 0 Å². The van der Waals surface area contributed by atoms with Crippen LogP contribution >= 0.6 is 0 Å². The summed E-state index contributed by atoms with van der Waals surface area (Å²) in [6.45, 7) is 6.15. The van der Waals surface area contributed by atoms with Crippen LogP contribution in [0.4, 0.5) is 4.79 Å². The van der Waals surface area contributed by atoms with E-state index in [2.05, 4.69) is 34.3 Å². The molecule has 0 aliphatic carbocycles. The van der Waals surface area contributed by atoms with Crippen LogP contribution < -0.4 is 5.32 Å². The van der Waals surface area contributed by atoms with E-state index in [-0.39, 0.29) is 12.1 Å². The minimum atomic E-state index is -0.396. The lowest BCUT2D eigenvalue weighted by Crippen LogP contribution is -2.51. The Morgan fingerprint density at radius 1 is 1.20 bits per heavy atom. The largest absolute Gasteiger partial charge is 0.391 e. The first-order chi connectivity index (χ1) is 12.1. The molecule has 2 N–H and O–H groups in total. The lowest BCUT2D eigenvalue weighted by molar-refractivity contribution is 0.0817. The molecule has 2 amide bonds. The average molecular weight is 346 g/mol. The number of amides is 2. The van der Waals surface area contributed by atoms with Crippen LogP contribution in [0, 0.1) is 0 Å². The van der Waals surface area contributed by atoms with Crippen LogP contribution in [0.25, 0.3) is 0 Å². The number of nitrogens with zero attached hydrogens (tertiary/aromatic N) is 3. The van der Waals surface area contributed by atoms with Crippen LogP contribution in [0.3, 0.4) is 0 Å². The van der Waals surface area contributed by atoms with Crippen molar-refractivity contribution in [1.82, 2.24) is 20.0 Å². The number of hydrogen-bond donors (Lipinski definition) is 2. The summed E-state index contributed by atoms with van der Waals surface area (Å²) in [6.07, 6.45) is 1.25. The molecule has 138 valence electrons. The zero-order valence-corrected chi connectivity index (χ0v) is 15.1. The fraction of sp³-hybridized carbons (Fsp3) is 0.632. The molecule has 0 bridgehead atoms. The summed E-state index contributed by atoms with van der Waals surface area (Å²) < 4.78 is 0. The third kappa shape index (κ3) is 5.17. The number of nitrogens with one attached hydrogen (secondary N) is 1. The highest BCUT2D eigenvalue weighted by Gasteiger charge is 2.26. The van der Waals surface area contributed by atoms with Crippen LogP contribution in [-0.2, 0) is 0 Å². The Morgan fingerprint density at radius 2 is 1.92 bits per heavy atom. The van der Waals surface area contributed by atoms with Crippen LogP contribution in [0.2, 0.25) is 0 Å². The van der Waals surface area contributed by atoms with Gasteiger partial charge in [0.2, 0.25) is 0 Å². The van der Waals surface area contributed by atoms with Crippen LogP contribution in [0.15, 0.2) is 30.3 Å². The second kappa shape index (κ2) is 8.65. The number of benzene rings is 1. The SMILES string of the molecule is CN1CCN(CC(NC(=O)N2CCCC(O)C2)c2ccccc2)CC1. The van der Waals surface area contributed by atoms with E-state index in [1.807, 2.05) is 18.2 Å². The summed E-state index contributed by atoms with van der Waals surface area (Å²) in [7, 11) is 2.15. The van der Waals surface area contributed by atoms with E-state index >= 15 is 0 Å². The summed E-state index contributed by atoms with van der Waals surface area (Å²) in [5.74, 6) is 0. The number of aliphatic hydroxyl groups is 1. The quantitative estimate of drug-likeness (QED) is 0.858. The van der Waals surface area contributed by atoms with Gasteiger partial charge in [0.15, 0.2) is 0 Å². The maximum Gasteiger partial charge on any atom is 0.318 e. The lowest BCUT2D eigenvalue weighted by Gasteiger charge is -2.36. The highest BCUT2D eigenvalue weighted by Crippen LogP contribution is 2.17. The van der Waals surface area contributed by atoms with E-state index in [1.165, 1.54) is 0 Å². The summed E-state index contributed by atoms with van der Waals surface area (Å²) >= 11 is 0. The highest BCUT2D eigenvalue weighted by molar-refractivity contribution is 5.75. The number of carbonyl (C=O) groups is 1. The van der Waals surface area contributed by atoms with Crippen molar-refractivity contribution in [3.63, 3.8) is 0 Å². The molecule has 2 unspecified atom stereocenters. The van der Waals surface area contributed by atoms with E-state index in [1.54, 1.807) is 4.90 Å². The zero-order valence-electron chi connectivity index (χ0n) is 15.1. The van der Waals surface area contributed by atoms with Crippen LogP contribution in [-0.4, -0.2) is 84.8 Å². The number of carbonyl (C=O) groups excluding carboxylic acids is 1. The number of piperidine rings is 1. The van der Waals surface area contributed by atoms with E-state index in [4.69, 9.17) is 0 Å². The van der Waals surface area contributed by atoms with Crippen molar-refractivity contribution in [2.24, 2.45) is 0 Å². The molecule has 25 heavy (non-hydrogen) atoms. The first-order valence-electron chi connectivity index (χ1n) is 9.31. The molecule has 2 aliphatic heterocycles. The van der Waals surface area contributed by atoms with Gasteiger partial charge in [0.25, 0.3) is 0 Å². The first-order valence-corrected chi connectivity index (χ1v) is 9.31. The van der Waals surface area contributed by atoms with Gasteiger partial charge >= 0.3 is 6.03 Å². The standard InChI is InChI=1S/C19H30N4O2/c1-21-10-12-22(13-11-21)15-18(16-6-3-2-4-7-16)20-19(25)23-9-5-8-17(24)14-23/h2-4,6-7,17-18,24H,5,8-15H2,1H3,(H,20,25). The Labute approximate surface area is 150 Å². The molecule has 0 radical (unpaired) electrons. The number of piperazine rings is 1. The number of likely N-dealkylation sites (tertiary alicyclic amines) is 1. The van der Waals surface area contributed by atoms with Crippen molar-refractivity contribution in [2.75, 3.05) is 52.9 Å². The van der Waals surface area contributed by atoms with Crippen LogP contribution in [0.5, 0.6) is 0 Å². The van der Waals surface area contributed by atoms with Gasteiger partial charge in [-0.1, -0.05) is 30.3 Å². The fourth-order valence-corrected chi connectivity index (χ4v) is 3.59. The monoisotopic (exact) mass is 346 g/mol. The summed E-state index contributed by atoms with van der Waals surface area (Å²) in [6, 6.07) is 10.1. The van der Waals surface area contributed by atoms with Gasteiger partial charge in [0.05, 0.1) is 12.1 Å². The third-order valence-electron chi connectivity index (χ3n) is 5.22. The molecule has 6 nitrogen and oxygen atoms in total. The van der Waals surface area contributed by atoms with Crippen molar-refractivity contribution in [2.45, 2.75) is 25.0 Å². The minimum absolute atomic E-state index is 0.0313. The van der Waals surface area contributed by atoms with E-state index in [0.29, 0.717) is 6.54 Å². The number of rotatable bonds is 4. The zero-order chi connectivity index (χ0) is 17.6. The number of hydrogen-bond acceptors (Lipinski definition) is 4. The Kier molecular flexibility index (Phi) is 6.29. The number of urea groups is 1. The van der Waals surface area contributed by atoms with Gasteiger partial charge in [-0.3, -0.25) is 4.90 Å². The van der Waals surface area contributed by atoms with Gasteiger partial charge < -0.3 is 20.2 Å². The molecule has 0 aromatic heterocycles. The maximum atomic E-state index is 12.7. The molecule has 2 saturated heterocycles. The maximum absolute atomic E-state index is 12.7. The molecule has 1 aromatic rings. The first kappa shape index (κ1) is 18.2. The predicted molar refractivity (Wildman–Crippen MR) is 98.5 cm³/mol. The topological polar surface area (TPSA) is 59.0 Å². The van der Waals surface area contributed by atoms with Gasteiger partial charge in [-0.05, 0) is 25.5 Å². The molecule has 2 fully saturated rings. The van der Waals surface area contributed by atoms with Gasteiger partial charge in [-0.2, -0.15) is 0 Å². The van der Waals surface area contributed by atoms with Crippen molar-refractivity contribution >= 4 is 6.03 Å². The number of likely N-dealkylation sites (N-methyl/N-ethyl adjacent to an activating group) is 1. The van der Waals surface area contributed by atoms with E-state index in [0.717, 1.165) is 57.7 Å². The molecule has 3 rings (SSSR count). The van der Waals surface area contributed by atoms with E-state index in [9.17, 15) is 9.90 Å². The molecule has 2 aliphatic rings. The second-order valence-corrected chi connectivity index (χ2v) is 7.26. The normalized spacial score (nSPS) is 24.1. The summed E-state index contributed by atoms with van der Waals surface area (Å²) in [5, 5.41) is 13.0. The molecule has 2 atom stereocenters. The molecule has 0 saturated carbocycles. The lowest BCUT2D eigenvalue weighted by atomic mass is 10.1. The van der Waals surface area contributed by atoms with Gasteiger partial charge in [-0.15, -0.1) is 0 Å². The number of aliphatic hydroxyl groups excluding tert-OH is 1. The molecule has 2 heterocycles. The van der Waals surface area contributed by atoms with Crippen LogP contribution in [0.1, 0.15) is 24.4 Å². The highest BCUT2D eigenvalue weighted by atomic mass is 16.3. The predicted octanol–water partition coefficient (Wildman–Crippen LogP) is 1.14. The van der Waals surface area contributed by atoms with Gasteiger partial charge in [-0.25, -0.2) is 4.79 Å². The molecule has 6 heteroatoms. The Hall–Kier alpha value is -1.63. The van der Waals surface area contributed by atoms with Gasteiger partial charge in [0.1, 0.15) is 0 Å². The summed E-state index contributed by atoms with van der Waals surface area (Å²) in [4.78, 5) is 19.2. The molecular weight excluding hydrogens is 316 g/mol. The molecular formula is C19H30N4O2. The second-order valence-electron chi connectivity index (χ2n) is 7.26. The molecule has 1 aromatic carbocycles. The number of β-amino-alcohol motifs (C(OH)–C–C–N with tert-alkyl or cyclic N) is 1. The fourth-order valence-electron chi connectivity index (χ4n) is 3.59. The average Bonchev–Trinajstić information content (AvgIpc) is 2.63. The Bertz CT molecular complexity index is 546. The van der Waals surface area contributed by atoms with Gasteiger partial charge in [0, 0.05) is 45.8 Å². The summed E-state index contributed by atoms with van der Waals surface area (Å²) in [5.41, 5.74) is 1.13. The molecule has 0 spiro atoms. The third-order valence-corrected chi connectivity index (χ3v) is 5.22. The minimum Gasteiger partial charge on any atom is -0.391 e.